The van der Waals surface area contributed by atoms with Crippen LogP contribution in [0.4, 0.5) is 0 Å². The van der Waals surface area contributed by atoms with Gasteiger partial charge in [-0.15, -0.1) is 0 Å². The van der Waals surface area contributed by atoms with Gasteiger partial charge in [0.05, 0.1) is 0 Å². The van der Waals surface area contributed by atoms with Crippen LogP contribution in [0.5, 0.6) is 0 Å². The van der Waals surface area contributed by atoms with Crippen molar-refractivity contribution in [1.29, 1.82) is 0 Å². The van der Waals surface area contributed by atoms with Crippen LogP contribution in [0.15, 0.2) is 0 Å². The average Bonchev–Trinajstić information content (AvgIpc) is 2.26. The minimum absolute atomic E-state index is 0.516. The van der Waals surface area contributed by atoms with Gasteiger partial charge in [0.25, 0.3) is 0 Å². The maximum atomic E-state index is 2.71. The molecule has 0 aliphatic carbocycles. The summed E-state index contributed by atoms with van der Waals surface area (Å²) in [6, 6.07) is 0. The molecule has 0 unspecified atom stereocenters. The first-order valence-electron chi connectivity index (χ1n) is 7.67. The molecule has 0 atom stereocenters. The number of piperidine rings is 1. The number of rotatable bonds is 5. The fourth-order valence-corrected chi connectivity index (χ4v) is 3.15. The smallest absolute Gasteiger partial charge is 0.000946 e. The monoisotopic (exact) mass is 239 g/mol. The largest absolute Gasteiger partial charge is 0.303 e. The zero-order valence-electron chi connectivity index (χ0n) is 12.8. The van der Waals surface area contributed by atoms with Gasteiger partial charge in [0.15, 0.2) is 0 Å². The highest BCUT2D eigenvalue weighted by atomic mass is 15.1. The molecule has 0 N–H and O–H groups in total. The van der Waals surface area contributed by atoms with Crippen LogP contribution >= 0.6 is 0 Å². The summed E-state index contributed by atoms with van der Waals surface area (Å²) < 4.78 is 0. The Morgan fingerprint density at radius 3 is 2.00 bits per heavy atom. The lowest BCUT2D eigenvalue weighted by Gasteiger charge is -2.36. The highest BCUT2D eigenvalue weighted by molar-refractivity contribution is 4.77. The zero-order valence-corrected chi connectivity index (χ0v) is 12.8. The second-order valence-electron chi connectivity index (χ2n) is 7.19. The Bertz CT molecular complexity index is 192. The summed E-state index contributed by atoms with van der Waals surface area (Å²) in [5, 5.41) is 0. The standard InChI is InChI=1S/C16H33N/c1-6-14(7-2)13-17-10-8-15(9-11-17)12-16(3,4)5/h14-15H,6-13H2,1-5H3. The second kappa shape index (κ2) is 6.78. The molecule has 17 heavy (non-hydrogen) atoms. The van der Waals surface area contributed by atoms with Gasteiger partial charge >= 0.3 is 0 Å². The van der Waals surface area contributed by atoms with Crippen molar-refractivity contribution in [2.45, 2.75) is 66.7 Å². The molecule has 102 valence electrons. The maximum absolute atomic E-state index is 2.71. The van der Waals surface area contributed by atoms with E-state index in [1.807, 2.05) is 0 Å². The van der Waals surface area contributed by atoms with Crippen molar-refractivity contribution >= 4 is 0 Å². The summed E-state index contributed by atoms with van der Waals surface area (Å²) in [5.41, 5.74) is 0.516. The van der Waals surface area contributed by atoms with Crippen molar-refractivity contribution in [3.05, 3.63) is 0 Å². The Balaban J connectivity index is 2.26. The maximum Gasteiger partial charge on any atom is 0.000946 e. The molecule has 0 spiro atoms. The first-order chi connectivity index (χ1) is 7.94. The summed E-state index contributed by atoms with van der Waals surface area (Å²) in [7, 11) is 0. The Morgan fingerprint density at radius 2 is 1.59 bits per heavy atom. The number of hydrogen-bond donors (Lipinski definition) is 0. The minimum atomic E-state index is 0.516. The summed E-state index contributed by atoms with van der Waals surface area (Å²) in [6.45, 7) is 15.8. The van der Waals surface area contributed by atoms with E-state index in [1.165, 1.54) is 51.7 Å². The normalized spacial score (nSPS) is 20.1. The van der Waals surface area contributed by atoms with Crippen molar-refractivity contribution < 1.29 is 0 Å². The molecule has 1 aliphatic heterocycles. The molecule has 1 heterocycles. The quantitative estimate of drug-likeness (QED) is 0.679. The third kappa shape index (κ3) is 5.90. The van der Waals surface area contributed by atoms with Crippen LogP contribution in [0.1, 0.15) is 66.7 Å². The fourth-order valence-electron chi connectivity index (χ4n) is 3.15. The molecule has 1 rings (SSSR count). The molecule has 1 saturated heterocycles. The summed E-state index contributed by atoms with van der Waals surface area (Å²) in [5.74, 6) is 1.90. The van der Waals surface area contributed by atoms with E-state index in [0.29, 0.717) is 5.41 Å². The Morgan fingerprint density at radius 1 is 1.06 bits per heavy atom. The predicted molar refractivity (Wildman–Crippen MR) is 77.3 cm³/mol. The molecule has 0 aromatic heterocycles. The van der Waals surface area contributed by atoms with Gasteiger partial charge in [0.1, 0.15) is 0 Å². The van der Waals surface area contributed by atoms with Crippen LogP contribution in [0, 0.1) is 17.3 Å². The van der Waals surface area contributed by atoms with Crippen LogP contribution in [-0.2, 0) is 0 Å². The molecule has 0 bridgehead atoms. The van der Waals surface area contributed by atoms with Gasteiger partial charge in [0.2, 0.25) is 0 Å². The van der Waals surface area contributed by atoms with Gasteiger partial charge in [-0.3, -0.25) is 0 Å². The van der Waals surface area contributed by atoms with E-state index in [1.54, 1.807) is 0 Å². The number of hydrogen-bond acceptors (Lipinski definition) is 1. The van der Waals surface area contributed by atoms with Gasteiger partial charge in [0, 0.05) is 6.54 Å². The lowest BCUT2D eigenvalue weighted by molar-refractivity contribution is 0.134. The predicted octanol–water partition coefficient (Wildman–Crippen LogP) is 4.57. The molecule has 0 amide bonds. The van der Waals surface area contributed by atoms with Gasteiger partial charge in [-0.25, -0.2) is 0 Å². The van der Waals surface area contributed by atoms with Crippen LogP contribution in [0.3, 0.4) is 0 Å². The SMILES string of the molecule is CCC(CC)CN1CCC(CC(C)(C)C)CC1. The number of likely N-dealkylation sites (tertiary alicyclic amines) is 1. The molecule has 0 aromatic rings. The van der Waals surface area contributed by atoms with E-state index in [0.717, 1.165) is 11.8 Å². The molecule has 1 aliphatic rings. The molecule has 1 fully saturated rings. The van der Waals surface area contributed by atoms with Crippen molar-refractivity contribution in [1.82, 2.24) is 4.90 Å². The highest BCUT2D eigenvalue weighted by Gasteiger charge is 2.24. The van der Waals surface area contributed by atoms with E-state index in [-0.39, 0.29) is 0 Å². The van der Waals surface area contributed by atoms with E-state index in [4.69, 9.17) is 0 Å². The van der Waals surface area contributed by atoms with E-state index in [9.17, 15) is 0 Å². The van der Waals surface area contributed by atoms with Crippen molar-refractivity contribution in [3.63, 3.8) is 0 Å². The van der Waals surface area contributed by atoms with Crippen LogP contribution in [0.25, 0.3) is 0 Å². The fraction of sp³-hybridized carbons (Fsp3) is 1.00. The van der Waals surface area contributed by atoms with Crippen molar-refractivity contribution in [2.75, 3.05) is 19.6 Å². The van der Waals surface area contributed by atoms with Gasteiger partial charge in [-0.2, -0.15) is 0 Å². The molecule has 1 heteroatoms. The molecular weight excluding hydrogens is 206 g/mol. The molecule has 0 saturated carbocycles. The Kier molecular flexibility index (Phi) is 5.99. The Labute approximate surface area is 109 Å². The second-order valence-corrected chi connectivity index (χ2v) is 7.19. The summed E-state index contributed by atoms with van der Waals surface area (Å²) in [4.78, 5) is 2.71. The van der Waals surface area contributed by atoms with E-state index >= 15 is 0 Å². The molecule has 1 nitrogen and oxygen atoms in total. The van der Waals surface area contributed by atoms with Crippen LogP contribution in [-0.4, -0.2) is 24.5 Å². The lowest BCUT2D eigenvalue weighted by atomic mass is 9.80. The van der Waals surface area contributed by atoms with E-state index in [2.05, 4.69) is 39.5 Å². The molecule has 0 aromatic carbocycles. The molecule has 0 radical (unpaired) electrons. The molecular formula is C16H33N. The number of nitrogens with zero attached hydrogens (tertiary/aromatic N) is 1. The van der Waals surface area contributed by atoms with Gasteiger partial charge in [-0.05, 0) is 49.6 Å². The topological polar surface area (TPSA) is 3.24 Å². The zero-order chi connectivity index (χ0) is 12.9. The first kappa shape index (κ1) is 15.0. The average molecular weight is 239 g/mol. The highest BCUT2D eigenvalue weighted by Crippen LogP contribution is 2.31. The third-order valence-electron chi connectivity index (χ3n) is 4.28. The summed E-state index contributed by atoms with van der Waals surface area (Å²) in [6.07, 6.45) is 6.96. The van der Waals surface area contributed by atoms with E-state index < -0.39 is 0 Å². The van der Waals surface area contributed by atoms with Crippen molar-refractivity contribution in [3.8, 4) is 0 Å². The summed E-state index contributed by atoms with van der Waals surface area (Å²) >= 11 is 0. The third-order valence-corrected chi connectivity index (χ3v) is 4.28. The first-order valence-corrected chi connectivity index (χ1v) is 7.67. The van der Waals surface area contributed by atoms with Crippen LogP contribution < -0.4 is 0 Å². The Hall–Kier alpha value is -0.0400. The minimum Gasteiger partial charge on any atom is -0.303 e. The van der Waals surface area contributed by atoms with Gasteiger partial charge in [-0.1, -0.05) is 47.5 Å². The van der Waals surface area contributed by atoms with Gasteiger partial charge < -0.3 is 4.90 Å². The van der Waals surface area contributed by atoms with Crippen LogP contribution in [0.2, 0.25) is 0 Å². The lowest BCUT2D eigenvalue weighted by Crippen LogP contribution is -2.37. The van der Waals surface area contributed by atoms with Crippen molar-refractivity contribution in [2.24, 2.45) is 17.3 Å².